The maximum absolute atomic E-state index is 11.9. The molecular formula is C13H25N3O3. The summed E-state index contributed by atoms with van der Waals surface area (Å²) in [5.41, 5.74) is 0. The van der Waals surface area contributed by atoms with Crippen molar-refractivity contribution in [2.45, 2.75) is 38.6 Å². The SMILES string of the molecule is CC(CCC(=O)O)NC(=O)N(C)CCN1CCCC1. The number of likely N-dealkylation sites (N-methyl/N-ethyl adjacent to an activating group) is 1. The van der Waals surface area contributed by atoms with Gasteiger partial charge in [0.2, 0.25) is 0 Å². The Balaban J connectivity index is 2.17. The highest BCUT2D eigenvalue weighted by atomic mass is 16.4. The number of carbonyl (C=O) groups excluding carboxylic acids is 1. The summed E-state index contributed by atoms with van der Waals surface area (Å²) in [6, 6.07) is -0.241. The van der Waals surface area contributed by atoms with Gasteiger partial charge < -0.3 is 20.2 Å². The van der Waals surface area contributed by atoms with Crippen LogP contribution < -0.4 is 5.32 Å². The molecule has 1 unspecified atom stereocenters. The molecule has 0 aliphatic carbocycles. The van der Waals surface area contributed by atoms with E-state index in [1.54, 1.807) is 11.9 Å². The van der Waals surface area contributed by atoms with Gasteiger partial charge in [0.05, 0.1) is 0 Å². The number of likely N-dealkylation sites (tertiary alicyclic amines) is 1. The lowest BCUT2D eigenvalue weighted by atomic mass is 10.2. The Hall–Kier alpha value is -1.30. The van der Waals surface area contributed by atoms with Gasteiger partial charge in [-0.3, -0.25) is 4.79 Å². The average molecular weight is 271 g/mol. The minimum atomic E-state index is -0.830. The number of carbonyl (C=O) groups is 2. The first-order valence-corrected chi connectivity index (χ1v) is 6.95. The van der Waals surface area contributed by atoms with Gasteiger partial charge in [-0.05, 0) is 39.3 Å². The first kappa shape index (κ1) is 15.8. The van der Waals surface area contributed by atoms with Crippen LogP contribution in [0.4, 0.5) is 4.79 Å². The quantitative estimate of drug-likeness (QED) is 0.724. The molecule has 2 N–H and O–H groups in total. The molecular weight excluding hydrogens is 246 g/mol. The third kappa shape index (κ3) is 6.42. The van der Waals surface area contributed by atoms with E-state index in [1.165, 1.54) is 12.8 Å². The number of aliphatic carboxylic acids is 1. The second-order valence-corrected chi connectivity index (χ2v) is 5.25. The second-order valence-electron chi connectivity index (χ2n) is 5.25. The van der Waals surface area contributed by atoms with Crippen LogP contribution in [0.25, 0.3) is 0 Å². The second kappa shape index (κ2) is 7.99. The van der Waals surface area contributed by atoms with E-state index < -0.39 is 5.97 Å². The van der Waals surface area contributed by atoms with E-state index in [0.29, 0.717) is 13.0 Å². The van der Waals surface area contributed by atoms with Crippen LogP contribution in [0.15, 0.2) is 0 Å². The van der Waals surface area contributed by atoms with Gasteiger partial charge in [0.25, 0.3) is 0 Å². The van der Waals surface area contributed by atoms with E-state index in [1.807, 2.05) is 6.92 Å². The summed E-state index contributed by atoms with van der Waals surface area (Å²) < 4.78 is 0. The Morgan fingerprint density at radius 2 is 2.00 bits per heavy atom. The van der Waals surface area contributed by atoms with E-state index in [9.17, 15) is 9.59 Å². The fourth-order valence-corrected chi connectivity index (χ4v) is 2.13. The molecule has 0 radical (unpaired) electrons. The minimum Gasteiger partial charge on any atom is -0.481 e. The lowest BCUT2D eigenvalue weighted by Crippen LogP contribution is -2.44. The maximum atomic E-state index is 11.9. The van der Waals surface area contributed by atoms with Gasteiger partial charge in [-0.1, -0.05) is 0 Å². The lowest BCUT2D eigenvalue weighted by Gasteiger charge is -2.23. The highest BCUT2D eigenvalue weighted by molar-refractivity contribution is 5.74. The smallest absolute Gasteiger partial charge is 0.317 e. The van der Waals surface area contributed by atoms with E-state index in [-0.39, 0.29) is 18.5 Å². The number of hydrogen-bond acceptors (Lipinski definition) is 3. The molecule has 0 spiro atoms. The summed E-state index contributed by atoms with van der Waals surface area (Å²) in [7, 11) is 1.77. The van der Waals surface area contributed by atoms with Gasteiger partial charge in [0.1, 0.15) is 0 Å². The fraction of sp³-hybridized carbons (Fsp3) is 0.846. The normalized spacial score (nSPS) is 17.2. The number of carboxylic acid groups (broad SMARTS) is 1. The molecule has 6 nitrogen and oxygen atoms in total. The molecule has 0 bridgehead atoms. The first-order chi connectivity index (χ1) is 8.99. The van der Waals surface area contributed by atoms with Crippen LogP contribution in [0.2, 0.25) is 0 Å². The van der Waals surface area contributed by atoms with Crippen LogP contribution in [-0.2, 0) is 4.79 Å². The molecule has 0 aromatic heterocycles. The number of nitrogens with one attached hydrogen (secondary N) is 1. The van der Waals surface area contributed by atoms with Crippen molar-refractivity contribution in [1.82, 2.24) is 15.1 Å². The summed E-state index contributed by atoms with van der Waals surface area (Å²) in [4.78, 5) is 26.3. The minimum absolute atomic E-state index is 0.0823. The van der Waals surface area contributed by atoms with Gasteiger partial charge in [-0.15, -0.1) is 0 Å². The molecule has 1 heterocycles. The molecule has 19 heavy (non-hydrogen) atoms. The molecule has 2 amide bonds. The predicted molar refractivity (Wildman–Crippen MR) is 73.2 cm³/mol. The maximum Gasteiger partial charge on any atom is 0.317 e. The van der Waals surface area contributed by atoms with E-state index in [4.69, 9.17) is 5.11 Å². The Kier molecular flexibility index (Phi) is 6.62. The number of hydrogen-bond donors (Lipinski definition) is 2. The molecule has 1 fully saturated rings. The lowest BCUT2D eigenvalue weighted by molar-refractivity contribution is -0.137. The van der Waals surface area contributed by atoms with Crippen molar-refractivity contribution in [3.8, 4) is 0 Å². The van der Waals surface area contributed by atoms with Gasteiger partial charge in [-0.25, -0.2) is 4.79 Å². The highest BCUT2D eigenvalue weighted by Gasteiger charge is 2.15. The molecule has 1 aliphatic rings. The number of rotatable bonds is 7. The van der Waals surface area contributed by atoms with Crippen LogP contribution in [0.3, 0.4) is 0 Å². The third-order valence-electron chi connectivity index (χ3n) is 3.46. The Morgan fingerprint density at radius 3 is 2.58 bits per heavy atom. The van der Waals surface area contributed by atoms with Crippen LogP contribution in [0.1, 0.15) is 32.6 Å². The van der Waals surface area contributed by atoms with Crippen molar-refractivity contribution in [2.24, 2.45) is 0 Å². The molecule has 0 aromatic carbocycles. The summed E-state index contributed by atoms with van der Waals surface area (Å²) in [6.45, 7) is 5.70. The zero-order valence-corrected chi connectivity index (χ0v) is 11.9. The molecule has 1 rings (SSSR count). The molecule has 0 aromatic rings. The van der Waals surface area contributed by atoms with Gasteiger partial charge in [0.15, 0.2) is 0 Å². The summed E-state index contributed by atoms with van der Waals surface area (Å²) >= 11 is 0. The molecule has 1 atom stereocenters. The van der Waals surface area contributed by atoms with Crippen LogP contribution in [0, 0.1) is 0 Å². The van der Waals surface area contributed by atoms with Crippen molar-refractivity contribution in [1.29, 1.82) is 0 Å². The Labute approximate surface area is 114 Å². The summed E-state index contributed by atoms with van der Waals surface area (Å²) in [5.74, 6) is -0.830. The predicted octanol–water partition coefficient (Wildman–Crippen LogP) is 0.977. The monoisotopic (exact) mass is 271 g/mol. The van der Waals surface area contributed by atoms with Crippen LogP contribution in [0.5, 0.6) is 0 Å². The average Bonchev–Trinajstić information content (AvgIpc) is 2.86. The molecule has 0 saturated carbocycles. The molecule has 1 saturated heterocycles. The zero-order valence-electron chi connectivity index (χ0n) is 11.9. The Morgan fingerprint density at radius 1 is 1.37 bits per heavy atom. The third-order valence-corrected chi connectivity index (χ3v) is 3.46. The number of carboxylic acids is 1. The summed E-state index contributed by atoms with van der Waals surface area (Å²) in [5, 5.41) is 11.4. The van der Waals surface area contributed by atoms with Crippen LogP contribution in [-0.4, -0.2) is 66.2 Å². The topological polar surface area (TPSA) is 72.9 Å². The number of nitrogens with zero attached hydrogens (tertiary/aromatic N) is 2. The Bertz CT molecular complexity index is 304. The van der Waals surface area contributed by atoms with Crippen molar-refractivity contribution in [2.75, 3.05) is 33.2 Å². The molecule has 1 aliphatic heterocycles. The van der Waals surface area contributed by atoms with Crippen LogP contribution >= 0.6 is 0 Å². The van der Waals surface area contributed by atoms with Gasteiger partial charge >= 0.3 is 12.0 Å². The van der Waals surface area contributed by atoms with Crippen molar-refractivity contribution in [3.63, 3.8) is 0 Å². The zero-order chi connectivity index (χ0) is 14.3. The van der Waals surface area contributed by atoms with E-state index in [0.717, 1.165) is 19.6 Å². The number of amides is 2. The highest BCUT2D eigenvalue weighted by Crippen LogP contribution is 2.06. The van der Waals surface area contributed by atoms with Gasteiger partial charge in [-0.2, -0.15) is 0 Å². The molecule has 6 heteroatoms. The first-order valence-electron chi connectivity index (χ1n) is 6.95. The molecule has 110 valence electrons. The summed E-state index contributed by atoms with van der Waals surface area (Å²) in [6.07, 6.45) is 3.05. The van der Waals surface area contributed by atoms with E-state index in [2.05, 4.69) is 10.2 Å². The number of urea groups is 1. The van der Waals surface area contributed by atoms with Gasteiger partial charge in [0, 0.05) is 32.6 Å². The van der Waals surface area contributed by atoms with Crippen molar-refractivity contribution >= 4 is 12.0 Å². The van der Waals surface area contributed by atoms with Crippen molar-refractivity contribution < 1.29 is 14.7 Å². The standard InChI is InChI=1S/C13H25N3O3/c1-11(5-6-12(17)18)14-13(19)15(2)9-10-16-7-3-4-8-16/h11H,3-10H2,1-2H3,(H,14,19)(H,17,18). The van der Waals surface area contributed by atoms with E-state index >= 15 is 0 Å². The largest absolute Gasteiger partial charge is 0.481 e. The fourth-order valence-electron chi connectivity index (χ4n) is 2.13. The van der Waals surface area contributed by atoms with Crippen molar-refractivity contribution in [3.05, 3.63) is 0 Å².